The molecule has 0 unspecified atom stereocenters. The Hall–Kier alpha value is -2.45. The molecule has 9 heteroatoms. The lowest BCUT2D eigenvalue weighted by Gasteiger charge is -2.15. The van der Waals surface area contributed by atoms with Crippen molar-refractivity contribution in [2.24, 2.45) is 5.22 Å². The molecule has 0 amide bonds. The van der Waals surface area contributed by atoms with Gasteiger partial charge in [-0.25, -0.2) is 9.99 Å². The molecule has 2 aromatic heterocycles. The molecule has 0 saturated carbocycles. The van der Waals surface area contributed by atoms with Crippen LogP contribution >= 0.6 is 23.4 Å². The maximum Gasteiger partial charge on any atom is 0.226 e. The summed E-state index contributed by atoms with van der Waals surface area (Å²) < 4.78 is 1.60. The van der Waals surface area contributed by atoms with Gasteiger partial charge in [0.2, 0.25) is 5.96 Å². The van der Waals surface area contributed by atoms with Crippen molar-refractivity contribution in [2.45, 2.75) is 10.9 Å². The second-order valence-electron chi connectivity index (χ2n) is 4.89. The summed E-state index contributed by atoms with van der Waals surface area (Å²) in [5.74, 6) is 0.612. The highest BCUT2D eigenvalue weighted by molar-refractivity contribution is 7.98. The number of benzene rings is 1. The predicted molar refractivity (Wildman–Crippen MR) is 94.6 cm³/mol. The molecule has 0 fully saturated rings. The first-order valence-electron chi connectivity index (χ1n) is 7.01. The van der Waals surface area contributed by atoms with Crippen LogP contribution in [0.15, 0.2) is 53.0 Å². The molecule has 7 nitrogen and oxygen atoms in total. The van der Waals surface area contributed by atoms with Crippen molar-refractivity contribution < 1.29 is 0 Å². The van der Waals surface area contributed by atoms with Gasteiger partial charge in [0, 0.05) is 19.0 Å². The van der Waals surface area contributed by atoms with E-state index in [4.69, 9.17) is 22.5 Å². The molecule has 1 aromatic carbocycles. The van der Waals surface area contributed by atoms with Crippen molar-refractivity contribution in [1.29, 1.82) is 10.9 Å². The van der Waals surface area contributed by atoms with Gasteiger partial charge < -0.3 is 0 Å². The summed E-state index contributed by atoms with van der Waals surface area (Å²) in [6.07, 6.45) is 1.74. The standard InChI is InChI=1S/C15H14ClN7S/c1-22(21-18)14(17)23-13-11(16)6-4-7-12(13)20-15(23)24-9-10-5-2-3-8-19-10/h2-8,17-18H,9H2,1H3. The number of rotatable bonds is 4. The molecule has 0 spiro atoms. The Bertz CT molecular complexity index is 893. The monoisotopic (exact) mass is 359 g/mol. The average Bonchev–Trinajstić information content (AvgIpc) is 2.99. The van der Waals surface area contributed by atoms with Crippen LogP contribution in [0.1, 0.15) is 5.69 Å². The van der Waals surface area contributed by atoms with E-state index in [1.54, 1.807) is 16.8 Å². The minimum Gasteiger partial charge on any atom is -0.267 e. The number of imidazole rings is 1. The Balaban J connectivity index is 2.04. The summed E-state index contributed by atoms with van der Waals surface area (Å²) in [5.41, 5.74) is 9.37. The summed E-state index contributed by atoms with van der Waals surface area (Å²) in [5, 5.41) is 13.8. The van der Waals surface area contributed by atoms with Gasteiger partial charge in [-0.1, -0.05) is 40.7 Å². The van der Waals surface area contributed by atoms with Gasteiger partial charge in [-0.3, -0.25) is 15.0 Å². The van der Waals surface area contributed by atoms with Gasteiger partial charge in [0.25, 0.3) is 0 Å². The van der Waals surface area contributed by atoms with Crippen LogP contribution in [0, 0.1) is 10.9 Å². The van der Waals surface area contributed by atoms with Crippen molar-refractivity contribution >= 4 is 40.4 Å². The Morgan fingerprint density at radius 1 is 1.33 bits per heavy atom. The summed E-state index contributed by atoms with van der Waals surface area (Å²) in [4.78, 5) is 8.86. The van der Waals surface area contributed by atoms with Crippen LogP contribution in [0.5, 0.6) is 0 Å². The zero-order valence-corrected chi connectivity index (χ0v) is 14.3. The highest BCUT2D eigenvalue weighted by Gasteiger charge is 2.19. The first kappa shape index (κ1) is 16.4. The second-order valence-corrected chi connectivity index (χ2v) is 6.24. The summed E-state index contributed by atoms with van der Waals surface area (Å²) in [7, 11) is 1.53. The van der Waals surface area contributed by atoms with Crippen LogP contribution in [-0.2, 0) is 5.75 Å². The van der Waals surface area contributed by atoms with E-state index in [0.29, 0.717) is 27.0 Å². The fourth-order valence-corrected chi connectivity index (χ4v) is 3.34. The maximum absolute atomic E-state index is 8.30. The first-order valence-corrected chi connectivity index (χ1v) is 8.38. The number of para-hydroxylation sites is 1. The number of nitrogens with zero attached hydrogens (tertiary/aromatic N) is 5. The topological polar surface area (TPSA) is 94.0 Å². The van der Waals surface area contributed by atoms with E-state index in [9.17, 15) is 0 Å². The number of aromatic nitrogens is 3. The third kappa shape index (κ3) is 3.10. The molecule has 2 heterocycles. The van der Waals surface area contributed by atoms with Crippen molar-refractivity contribution in [3.63, 3.8) is 0 Å². The molecule has 0 atom stereocenters. The van der Waals surface area contributed by atoms with E-state index in [-0.39, 0.29) is 5.96 Å². The van der Waals surface area contributed by atoms with Crippen molar-refractivity contribution in [3.8, 4) is 0 Å². The normalized spacial score (nSPS) is 10.8. The molecule has 0 aliphatic carbocycles. The molecule has 0 bridgehead atoms. The molecule has 2 N–H and O–H groups in total. The Labute approximate surface area is 147 Å². The molecule has 122 valence electrons. The van der Waals surface area contributed by atoms with E-state index in [1.807, 2.05) is 30.3 Å². The molecule has 3 rings (SSSR count). The fourth-order valence-electron chi connectivity index (χ4n) is 2.17. The lowest BCUT2D eigenvalue weighted by Crippen LogP contribution is -2.27. The van der Waals surface area contributed by atoms with Crippen LogP contribution in [0.2, 0.25) is 5.02 Å². The Morgan fingerprint density at radius 2 is 2.17 bits per heavy atom. The molecule has 0 aliphatic heterocycles. The lowest BCUT2D eigenvalue weighted by molar-refractivity contribution is 0.465. The SMILES string of the molecule is CN(N=N)C(=N)n1c(SCc2ccccn2)nc2cccc(Cl)c21. The number of hydrogen-bond donors (Lipinski definition) is 2. The molecular weight excluding hydrogens is 346 g/mol. The third-order valence-corrected chi connectivity index (χ3v) is 4.62. The fraction of sp³-hybridized carbons (Fsp3) is 0.133. The highest BCUT2D eigenvalue weighted by atomic mass is 35.5. The summed E-state index contributed by atoms with van der Waals surface area (Å²) in [6.45, 7) is 0. The van der Waals surface area contributed by atoms with Crippen molar-refractivity contribution in [1.82, 2.24) is 19.5 Å². The Kier molecular flexibility index (Phi) is 4.77. The van der Waals surface area contributed by atoms with Gasteiger partial charge in [0.05, 0.1) is 21.7 Å². The predicted octanol–water partition coefficient (Wildman–Crippen LogP) is 4.04. The molecule has 0 aliphatic rings. The zero-order chi connectivity index (χ0) is 17.1. The average molecular weight is 360 g/mol. The van der Waals surface area contributed by atoms with Crippen molar-refractivity contribution in [2.75, 3.05) is 7.05 Å². The third-order valence-electron chi connectivity index (χ3n) is 3.34. The molecule has 3 aromatic rings. The van der Waals surface area contributed by atoms with Gasteiger partial charge in [-0.05, 0) is 24.3 Å². The maximum atomic E-state index is 8.30. The van der Waals surface area contributed by atoms with Gasteiger partial charge >= 0.3 is 0 Å². The van der Waals surface area contributed by atoms with Gasteiger partial charge in [-0.15, -0.1) is 0 Å². The minimum atomic E-state index is 0.00382. The van der Waals surface area contributed by atoms with Gasteiger partial charge in [0.15, 0.2) is 5.16 Å². The van der Waals surface area contributed by atoms with Crippen molar-refractivity contribution in [3.05, 3.63) is 53.3 Å². The molecule has 24 heavy (non-hydrogen) atoms. The highest BCUT2D eigenvalue weighted by Crippen LogP contribution is 2.30. The van der Waals surface area contributed by atoms with E-state index in [1.165, 1.54) is 18.8 Å². The second kappa shape index (κ2) is 6.98. The number of halogens is 1. The number of hydrogen-bond acceptors (Lipinski definition) is 6. The summed E-state index contributed by atoms with van der Waals surface area (Å²) >= 11 is 7.76. The minimum absolute atomic E-state index is 0.00382. The number of thioether (sulfide) groups is 1. The number of fused-ring (bicyclic) bond motifs is 1. The van der Waals surface area contributed by atoms with Crippen LogP contribution in [-0.4, -0.2) is 32.6 Å². The summed E-state index contributed by atoms with van der Waals surface area (Å²) in [6, 6.07) is 11.1. The molecule has 0 saturated heterocycles. The van der Waals surface area contributed by atoms with Gasteiger partial charge in [-0.2, -0.15) is 5.53 Å². The Morgan fingerprint density at radius 3 is 2.88 bits per heavy atom. The van der Waals surface area contributed by atoms with E-state index in [0.717, 1.165) is 10.7 Å². The van der Waals surface area contributed by atoms with Crippen LogP contribution in [0.4, 0.5) is 0 Å². The van der Waals surface area contributed by atoms with E-state index in [2.05, 4.69) is 15.2 Å². The zero-order valence-electron chi connectivity index (χ0n) is 12.8. The van der Waals surface area contributed by atoms with Gasteiger partial charge in [0.1, 0.15) is 0 Å². The quantitative estimate of drug-likeness (QED) is 0.242. The molecule has 0 radical (unpaired) electrons. The van der Waals surface area contributed by atoms with Crippen LogP contribution in [0.3, 0.4) is 0 Å². The molecular formula is C15H14ClN7S. The van der Waals surface area contributed by atoms with Crippen LogP contribution in [0.25, 0.3) is 11.0 Å². The van der Waals surface area contributed by atoms with E-state index < -0.39 is 0 Å². The smallest absolute Gasteiger partial charge is 0.226 e. The lowest BCUT2D eigenvalue weighted by atomic mass is 10.3. The number of pyridine rings is 1. The van der Waals surface area contributed by atoms with E-state index >= 15 is 0 Å². The number of nitrogens with one attached hydrogen (secondary N) is 2. The first-order chi connectivity index (χ1) is 11.6. The largest absolute Gasteiger partial charge is 0.267 e. The van der Waals surface area contributed by atoms with Crippen LogP contribution < -0.4 is 0 Å².